The number of anilines is 2. The summed E-state index contributed by atoms with van der Waals surface area (Å²) in [4.78, 5) is 16.1. The topological polar surface area (TPSA) is 68.0 Å². The van der Waals surface area contributed by atoms with Crippen molar-refractivity contribution in [3.05, 3.63) is 45.7 Å². The smallest absolute Gasteiger partial charge is 0.234 e. The molecule has 1 amide bonds. The molecule has 1 heterocycles. The number of halogens is 1. The van der Waals surface area contributed by atoms with Crippen molar-refractivity contribution in [1.82, 2.24) is 4.98 Å². The number of benzene rings is 1. The van der Waals surface area contributed by atoms with Crippen LogP contribution in [0.2, 0.25) is 0 Å². The molecule has 4 nitrogen and oxygen atoms in total. The van der Waals surface area contributed by atoms with Gasteiger partial charge in [0.1, 0.15) is 5.03 Å². The van der Waals surface area contributed by atoms with E-state index in [0.29, 0.717) is 10.7 Å². The standard InChI is InChI=1S/C14H14IN3OS/c1-9-7-10(15)4-5-12(9)18-13(19)8-20-14-11(16)3-2-6-17-14/h2-7H,8,16H2,1H3,(H,18,19). The molecule has 0 saturated carbocycles. The Morgan fingerprint density at radius 2 is 2.25 bits per heavy atom. The fourth-order valence-corrected chi connectivity index (χ4v) is 2.97. The number of nitrogens with zero attached hydrogens (tertiary/aromatic N) is 1. The van der Waals surface area contributed by atoms with Crippen LogP contribution in [0.3, 0.4) is 0 Å². The zero-order chi connectivity index (χ0) is 14.5. The molecule has 104 valence electrons. The number of rotatable bonds is 4. The molecule has 2 rings (SSSR count). The van der Waals surface area contributed by atoms with Gasteiger partial charge in [0.25, 0.3) is 0 Å². The predicted octanol–water partition coefficient (Wildman–Crippen LogP) is 3.31. The number of amides is 1. The zero-order valence-electron chi connectivity index (χ0n) is 10.9. The molecule has 0 aliphatic carbocycles. The monoisotopic (exact) mass is 399 g/mol. The Labute approximate surface area is 135 Å². The number of carbonyl (C=O) groups excluding carboxylic acids is 1. The molecule has 0 radical (unpaired) electrons. The molecule has 0 atom stereocenters. The first-order valence-corrected chi connectivity index (χ1v) is 8.02. The van der Waals surface area contributed by atoms with Gasteiger partial charge in [0.15, 0.2) is 0 Å². The highest BCUT2D eigenvalue weighted by Gasteiger charge is 2.08. The van der Waals surface area contributed by atoms with Crippen LogP contribution < -0.4 is 11.1 Å². The van der Waals surface area contributed by atoms with Crippen molar-refractivity contribution in [3.8, 4) is 0 Å². The lowest BCUT2D eigenvalue weighted by Crippen LogP contribution is -2.15. The molecule has 20 heavy (non-hydrogen) atoms. The second-order valence-electron chi connectivity index (χ2n) is 4.19. The molecule has 2 aromatic rings. The van der Waals surface area contributed by atoms with Crippen LogP contribution in [0, 0.1) is 10.5 Å². The number of thioether (sulfide) groups is 1. The summed E-state index contributed by atoms with van der Waals surface area (Å²) >= 11 is 3.58. The summed E-state index contributed by atoms with van der Waals surface area (Å²) in [6, 6.07) is 9.45. The van der Waals surface area contributed by atoms with Crippen LogP contribution in [-0.2, 0) is 4.79 Å². The molecule has 0 aliphatic rings. The van der Waals surface area contributed by atoms with Gasteiger partial charge in [-0.2, -0.15) is 0 Å². The van der Waals surface area contributed by atoms with Gasteiger partial charge in [0, 0.05) is 15.5 Å². The minimum Gasteiger partial charge on any atom is -0.397 e. The predicted molar refractivity (Wildman–Crippen MR) is 91.9 cm³/mol. The van der Waals surface area contributed by atoms with E-state index in [0.717, 1.165) is 14.8 Å². The fraction of sp³-hybridized carbons (Fsp3) is 0.143. The van der Waals surface area contributed by atoms with Crippen LogP contribution >= 0.6 is 34.4 Å². The average Bonchev–Trinajstić information content (AvgIpc) is 2.41. The van der Waals surface area contributed by atoms with Gasteiger partial charge >= 0.3 is 0 Å². The van der Waals surface area contributed by atoms with Gasteiger partial charge in [0.05, 0.1) is 11.4 Å². The van der Waals surface area contributed by atoms with Gasteiger partial charge < -0.3 is 11.1 Å². The van der Waals surface area contributed by atoms with Gasteiger partial charge in [0.2, 0.25) is 5.91 Å². The van der Waals surface area contributed by atoms with Gasteiger partial charge in [-0.15, -0.1) is 0 Å². The molecule has 0 bridgehead atoms. The largest absolute Gasteiger partial charge is 0.397 e. The minimum absolute atomic E-state index is 0.0654. The van der Waals surface area contributed by atoms with Crippen molar-refractivity contribution < 1.29 is 4.79 Å². The van der Waals surface area contributed by atoms with E-state index in [1.165, 1.54) is 11.8 Å². The third-order valence-electron chi connectivity index (χ3n) is 2.60. The van der Waals surface area contributed by atoms with Gasteiger partial charge in [-0.25, -0.2) is 4.98 Å². The summed E-state index contributed by atoms with van der Waals surface area (Å²) in [5.41, 5.74) is 8.26. The van der Waals surface area contributed by atoms with Crippen molar-refractivity contribution >= 4 is 51.6 Å². The van der Waals surface area contributed by atoms with Crippen molar-refractivity contribution in [2.24, 2.45) is 0 Å². The molecule has 0 aliphatic heterocycles. The van der Waals surface area contributed by atoms with E-state index >= 15 is 0 Å². The van der Waals surface area contributed by atoms with E-state index in [4.69, 9.17) is 5.73 Å². The zero-order valence-corrected chi connectivity index (χ0v) is 13.9. The first-order chi connectivity index (χ1) is 9.56. The summed E-state index contributed by atoms with van der Waals surface area (Å²) < 4.78 is 1.15. The molecular weight excluding hydrogens is 385 g/mol. The van der Waals surface area contributed by atoms with Gasteiger partial charge in [-0.1, -0.05) is 11.8 Å². The van der Waals surface area contributed by atoms with Crippen molar-refractivity contribution in [2.45, 2.75) is 11.9 Å². The number of carbonyl (C=O) groups is 1. The quantitative estimate of drug-likeness (QED) is 0.612. The van der Waals surface area contributed by atoms with Gasteiger partial charge in [-0.3, -0.25) is 4.79 Å². The van der Waals surface area contributed by atoms with Crippen LogP contribution in [-0.4, -0.2) is 16.6 Å². The number of aromatic nitrogens is 1. The van der Waals surface area contributed by atoms with Crippen LogP contribution in [0.25, 0.3) is 0 Å². The average molecular weight is 399 g/mol. The van der Waals surface area contributed by atoms with Gasteiger partial charge in [-0.05, 0) is 65.4 Å². The fourth-order valence-electron chi connectivity index (χ4n) is 1.61. The van der Waals surface area contributed by atoms with E-state index in [1.54, 1.807) is 18.3 Å². The molecular formula is C14H14IN3OS. The summed E-state index contributed by atoms with van der Waals surface area (Å²) in [7, 11) is 0. The maximum Gasteiger partial charge on any atom is 0.234 e. The first kappa shape index (κ1) is 15.1. The Morgan fingerprint density at radius 3 is 2.95 bits per heavy atom. The normalized spacial score (nSPS) is 10.3. The van der Waals surface area contributed by atoms with Crippen LogP contribution in [0.5, 0.6) is 0 Å². The van der Waals surface area contributed by atoms with Crippen molar-refractivity contribution in [1.29, 1.82) is 0 Å². The first-order valence-electron chi connectivity index (χ1n) is 5.95. The lowest BCUT2D eigenvalue weighted by atomic mass is 10.2. The van der Waals surface area contributed by atoms with Crippen LogP contribution in [0.15, 0.2) is 41.6 Å². The summed E-state index contributed by atoms with van der Waals surface area (Å²) in [6.07, 6.45) is 1.67. The number of nitrogens with one attached hydrogen (secondary N) is 1. The Balaban J connectivity index is 1.94. The van der Waals surface area contributed by atoms with E-state index in [2.05, 4.69) is 32.9 Å². The summed E-state index contributed by atoms with van der Waals surface area (Å²) in [5.74, 6) is 0.219. The maximum absolute atomic E-state index is 11.9. The number of nitrogens with two attached hydrogens (primary N) is 1. The Kier molecular flexibility index (Phi) is 5.24. The molecule has 0 saturated heterocycles. The second kappa shape index (κ2) is 6.94. The number of hydrogen-bond acceptors (Lipinski definition) is 4. The summed E-state index contributed by atoms with van der Waals surface area (Å²) in [6.45, 7) is 1.97. The molecule has 1 aromatic heterocycles. The lowest BCUT2D eigenvalue weighted by Gasteiger charge is -2.09. The molecule has 1 aromatic carbocycles. The highest BCUT2D eigenvalue weighted by atomic mass is 127. The number of hydrogen-bond donors (Lipinski definition) is 2. The van der Waals surface area contributed by atoms with Crippen molar-refractivity contribution in [3.63, 3.8) is 0 Å². The van der Waals surface area contributed by atoms with E-state index < -0.39 is 0 Å². The minimum atomic E-state index is -0.0654. The lowest BCUT2D eigenvalue weighted by molar-refractivity contribution is -0.113. The number of nitrogen functional groups attached to an aromatic ring is 1. The van der Waals surface area contributed by atoms with E-state index in [-0.39, 0.29) is 11.7 Å². The van der Waals surface area contributed by atoms with E-state index in [9.17, 15) is 4.79 Å². The Hall–Kier alpha value is -1.28. The maximum atomic E-state index is 11.9. The SMILES string of the molecule is Cc1cc(I)ccc1NC(=O)CSc1ncccc1N. The molecule has 0 fully saturated rings. The summed E-state index contributed by atoms with van der Waals surface area (Å²) in [5, 5.41) is 3.58. The van der Waals surface area contributed by atoms with Crippen LogP contribution in [0.4, 0.5) is 11.4 Å². The molecule has 0 unspecified atom stereocenters. The molecule has 0 spiro atoms. The molecule has 3 N–H and O–H groups in total. The Bertz CT molecular complexity index is 634. The number of aryl methyl sites for hydroxylation is 1. The van der Waals surface area contributed by atoms with Crippen LogP contribution in [0.1, 0.15) is 5.56 Å². The third-order valence-corrected chi connectivity index (χ3v) is 4.30. The second-order valence-corrected chi connectivity index (χ2v) is 6.40. The van der Waals surface area contributed by atoms with E-state index in [1.807, 2.05) is 25.1 Å². The number of pyridine rings is 1. The Morgan fingerprint density at radius 1 is 1.45 bits per heavy atom. The highest BCUT2D eigenvalue weighted by Crippen LogP contribution is 2.22. The highest BCUT2D eigenvalue weighted by molar-refractivity contribution is 14.1. The third kappa shape index (κ3) is 4.11. The molecule has 6 heteroatoms. The van der Waals surface area contributed by atoms with Crippen molar-refractivity contribution in [2.75, 3.05) is 16.8 Å².